The van der Waals surface area contributed by atoms with Gasteiger partial charge in [-0.2, -0.15) is 4.72 Å². The first-order chi connectivity index (χ1) is 8.42. The van der Waals surface area contributed by atoms with Crippen molar-refractivity contribution in [2.24, 2.45) is 0 Å². The van der Waals surface area contributed by atoms with Crippen LogP contribution in [0.15, 0.2) is 21.7 Å². The predicted octanol–water partition coefficient (Wildman–Crippen LogP) is 1.04. The van der Waals surface area contributed by atoms with E-state index >= 15 is 0 Å². The molecule has 1 saturated carbocycles. The minimum Gasteiger partial charge on any atom is -0.341 e. The maximum atomic E-state index is 12.0. The molecule has 100 valence electrons. The van der Waals surface area contributed by atoms with E-state index in [0.717, 1.165) is 24.2 Å². The zero-order valence-corrected chi connectivity index (χ0v) is 11.9. The largest absolute Gasteiger partial charge is 0.341 e. The van der Waals surface area contributed by atoms with Gasteiger partial charge < -0.3 is 4.90 Å². The summed E-state index contributed by atoms with van der Waals surface area (Å²) in [5.74, 6) is -0.183. The molecule has 1 N–H and O–H groups in total. The Morgan fingerprint density at radius 1 is 1.56 bits per heavy atom. The van der Waals surface area contributed by atoms with Crippen LogP contribution in [0, 0.1) is 0 Å². The SMILES string of the molecule is CC(NS(=O)(=O)c1cccs1)C(=O)N(C)C1CC1. The second kappa shape index (κ2) is 4.99. The van der Waals surface area contributed by atoms with Crippen molar-refractivity contribution < 1.29 is 13.2 Å². The third-order valence-electron chi connectivity index (χ3n) is 2.90. The highest BCUT2D eigenvalue weighted by Crippen LogP contribution is 2.26. The van der Waals surface area contributed by atoms with Crippen LogP contribution in [0.25, 0.3) is 0 Å². The van der Waals surface area contributed by atoms with Gasteiger partial charge in [-0.25, -0.2) is 8.42 Å². The van der Waals surface area contributed by atoms with E-state index in [9.17, 15) is 13.2 Å². The van der Waals surface area contributed by atoms with E-state index in [1.54, 1.807) is 30.3 Å². The topological polar surface area (TPSA) is 66.5 Å². The Morgan fingerprint density at radius 2 is 2.22 bits per heavy atom. The van der Waals surface area contributed by atoms with Crippen LogP contribution in [-0.2, 0) is 14.8 Å². The van der Waals surface area contributed by atoms with Crippen molar-refractivity contribution in [3.63, 3.8) is 0 Å². The summed E-state index contributed by atoms with van der Waals surface area (Å²) in [4.78, 5) is 13.6. The Labute approximate surface area is 111 Å². The second-order valence-corrected chi connectivity index (χ2v) is 7.34. The first-order valence-electron chi connectivity index (χ1n) is 5.74. The van der Waals surface area contributed by atoms with Crippen LogP contribution in [0.4, 0.5) is 0 Å². The molecule has 1 aromatic heterocycles. The summed E-state index contributed by atoms with van der Waals surface area (Å²) in [6.07, 6.45) is 2.01. The Bertz CT molecular complexity index is 520. The van der Waals surface area contributed by atoms with Crippen LogP contribution in [0.3, 0.4) is 0 Å². The van der Waals surface area contributed by atoms with Gasteiger partial charge in [0.15, 0.2) is 0 Å². The van der Waals surface area contributed by atoms with Crippen LogP contribution in [-0.4, -0.2) is 38.4 Å². The van der Waals surface area contributed by atoms with Gasteiger partial charge in [0.25, 0.3) is 10.0 Å². The molecule has 0 aromatic carbocycles. The molecule has 0 bridgehead atoms. The monoisotopic (exact) mass is 288 g/mol. The zero-order chi connectivity index (χ0) is 13.3. The number of thiophene rings is 1. The Morgan fingerprint density at radius 3 is 2.72 bits per heavy atom. The molecule has 0 spiro atoms. The van der Waals surface area contributed by atoms with E-state index < -0.39 is 16.1 Å². The van der Waals surface area contributed by atoms with Crippen LogP contribution in [0.5, 0.6) is 0 Å². The molecule has 7 heteroatoms. The first kappa shape index (κ1) is 13.5. The number of rotatable bonds is 5. The normalized spacial score (nSPS) is 17.4. The van der Waals surface area contributed by atoms with Crippen LogP contribution in [0.2, 0.25) is 0 Å². The van der Waals surface area contributed by atoms with Crippen LogP contribution in [0.1, 0.15) is 19.8 Å². The number of nitrogens with one attached hydrogen (secondary N) is 1. The average molecular weight is 288 g/mol. The highest BCUT2D eigenvalue weighted by molar-refractivity contribution is 7.91. The molecule has 1 unspecified atom stereocenters. The lowest BCUT2D eigenvalue weighted by atomic mass is 10.3. The maximum absolute atomic E-state index is 12.0. The minimum absolute atomic E-state index is 0.183. The molecule has 5 nitrogen and oxygen atoms in total. The summed E-state index contributed by atoms with van der Waals surface area (Å²) in [5, 5.41) is 1.69. The molecular weight excluding hydrogens is 272 g/mol. The van der Waals surface area contributed by atoms with E-state index in [0.29, 0.717) is 0 Å². The highest BCUT2D eigenvalue weighted by Gasteiger charge is 2.33. The van der Waals surface area contributed by atoms with Crippen molar-refractivity contribution in [3.8, 4) is 0 Å². The summed E-state index contributed by atoms with van der Waals surface area (Å²) >= 11 is 1.14. The lowest BCUT2D eigenvalue weighted by Gasteiger charge is -2.21. The lowest BCUT2D eigenvalue weighted by Crippen LogP contribution is -2.46. The molecule has 1 aliphatic rings. The smallest absolute Gasteiger partial charge is 0.250 e. The van der Waals surface area contributed by atoms with Crippen LogP contribution < -0.4 is 4.72 Å². The summed E-state index contributed by atoms with van der Waals surface area (Å²) in [6.45, 7) is 1.58. The van der Waals surface area contributed by atoms with Gasteiger partial charge in [-0.15, -0.1) is 11.3 Å². The van der Waals surface area contributed by atoms with Gasteiger partial charge in [0.1, 0.15) is 4.21 Å². The number of carbonyl (C=O) groups excluding carboxylic acids is 1. The molecule has 1 amide bonds. The molecule has 0 aliphatic heterocycles. The first-order valence-corrected chi connectivity index (χ1v) is 8.10. The number of hydrogen-bond donors (Lipinski definition) is 1. The second-order valence-electron chi connectivity index (χ2n) is 4.46. The van der Waals surface area contributed by atoms with Gasteiger partial charge in [0.05, 0.1) is 6.04 Å². The Hall–Kier alpha value is -0.920. The van der Waals surface area contributed by atoms with Gasteiger partial charge in [0.2, 0.25) is 5.91 Å². The van der Waals surface area contributed by atoms with Gasteiger partial charge >= 0.3 is 0 Å². The van der Waals surface area contributed by atoms with Crippen molar-refractivity contribution >= 4 is 27.3 Å². The fourth-order valence-corrected chi connectivity index (χ4v) is 3.91. The van der Waals surface area contributed by atoms with Gasteiger partial charge in [-0.1, -0.05) is 6.07 Å². The van der Waals surface area contributed by atoms with Gasteiger partial charge in [-0.05, 0) is 31.2 Å². The Kier molecular flexibility index (Phi) is 3.74. The zero-order valence-electron chi connectivity index (χ0n) is 10.3. The molecule has 1 heterocycles. The summed E-state index contributed by atoms with van der Waals surface area (Å²) in [7, 11) is -1.86. The molecule has 0 saturated heterocycles. The lowest BCUT2D eigenvalue weighted by molar-refractivity contribution is -0.131. The Balaban J connectivity index is 2.02. The van der Waals surface area contributed by atoms with Crippen molar-refractivity contribution in [2.45, 2.75) is 36.1 Å². The molecule has 1 fully saturated rings. The average Bonchev–Trinajstić information content (AvgIpc) is 3.00. The number of hydrogen-bond acceptors (Lipinski definition) is 4. The van der Waals surface area contributed by atoms with Crippen LogP contribution >= 0.6 is 11.3 Å². The molecular formula is C11H16N2O3S2. The number of likely N-dealkylation sites (N-methyl/N-ethyl adjacent to an activating group) is 1. The van der Waals surface area contributed by atoms with Crippen molar-refractivity contribution in [1.29, 1.82) is 0 Å². The molecule has 2 rings (SSSR count). The standard InChI is InChI=1S/C11H16N2O3S2/c1-8(11(14)13(2)9-5-6-9)12-18(15,16)10-4-3-7-17-10/h3-4,7-9,12H,5-6H2,1-2H3. The van der Waals surface area contributed by atoms with E-state index in [1.165, 1.54) is 6.07 Å². The molecule has 1 atom stereocenters. The van der Waals surface area contributed by atoms with E-state index in [4.69, 9.17) is 0 Å². The third-order valence-corrected chi connectivity index (χ3v) is 5.84. The van der Waals surface area contributed by atoms with E-state index in [-0.39, 0.29) is 16.2 Å². The predicted molar refractivity (Wildman–Crippen MR) is 69.9 cm³/mol. The molecule has 1 aromatic rings. The van der Waals surface area contributed by atoms with E-state index in [2.05, 4.69) is 4.72 Å². The fourth-order valence-electron chi connectivity index (χ4n) is 1.70. The third kappa shape index (κ3) is 2.90. The fraction of sp³-hybridized carbons (Fsp3) is 0.545. The highest BCUT2D eigenvalue weighted by atomic mass is 32.2. The van der Waals surface area contributed by atoms with E-state index in [1.807, 2.05) is 0 Å². The minimum atomic E-state index is -3.58. The maximum Gasteiger partial charge on any atom is 0.250 e. The molecule has 0 radical (unpaired) electrons. The van der Waals surface area contributed by atoms with Crippen molar-refractivity contribution in [2.75, 3.05) is 7.05 Å². The number of nitrogens with zero attached hydrogens (tertiary/aromatic N) is 1. The number of sulfonamides is 1. The quantitative estimate of drug-likeness (QED) is 0.880. The molecule has 1 aliphatic carbocycles. The summed E-state index contributed by atoms with van der Waals surface area (Å²) in [5.41, 5.74) is 0. The number of amides is 1. The molecule has 18 heavy (non-hydrogen) atoms. The van der Waals surface area contributed by atoms with Crippen molar-refractivity contribution in [1.82, 2.24) is 9.62 Å². The number of carbonyl (C=O) groups is 1. The summed E-state index contributed by atoms with van der Waals surface area (Å²) < 4.78 is 26.5. The van der Waals surface area contributed by atoms with Gasteiger partial charge in [0, 0.05) is 13.1 Å². The summed E-state index contributed by atoms with van der Waals surface area (Å²) in [6, 6.07) is 2.74. The van der Waals surface area contributed by atoms with Gasteiger partial charge in [-0.3, -0.25) is 4.79 Å². The van der Waals surface area contributed by atoms with Crippen molar-refractivity contribution in [3.05, 3.63) is 17.5 Å².